The molecule has 18 heavy (non-hydrogen) atoms. The maximum Gasteiger partial charge on any atom is 0.389 e. The first-order valence-corrected chi connectivity index (χ1v) is 5.91. The molecule has 102 valence electrons. The highest BCUT2D eigenvalue weighted by Gasteiger charge is 2.25. The van der Waals surface area contributed by atoms with Crippen LogP contribution in [0.15, 0.2) is 18.2 Å². The lowest BCUT2D eigenvalue weighted by atomic mass is 10.1. The zero-order valence-corrected chi connectivity index (χ0v) is 10.3. The second kappa shape index (κ2) is 6.73. The van der Waals surface area contributed by atoms with Gasteiger partial charge in [0.2, 0.25) is 0 Å². The first-order chi connectivity index (χ1) is 8.38. The predicted molar refractivity (Wildman–Crippen MR) is 62.7 cm³/mol. The van der Waals surface area contributed by atoms with Crippen molar-refractivity contribution in [3.05, 3.63) is 35.1 Å². The quantitative estimate of drug-likeness (QED) is 0.605. The molecule has 0 radical (unpaired) electrons. The molecule has 0 aliphatic heterocycles. The molecule has 0 aliphatic rings. The van der Waals surface area contributed by atoms with Crippen molar-refractivity contribution in [3.63, 3.8) is 0 Å². The Hall–Kier alpha value is -1.10. The Morgan fingerprint density at radius 1 is 1.17 bits per heavy atom. The summed E-state index contributed by atoms with van der Waals surface area (Å²) in [4.78, 5) is 0. The van der Waals surface area contributed by atoms with Crippen molar-refractivity contribution in [1.82, 2.24) is 5.32 Å². The summed E-state index contributed by atoms with van der Waals surface area (Å²) in [6.07, 6.45) is -4.30. The third-order valence-electron chi connectivity index (χ3n) is 2.58. The molecule has 1 aromatic carbocycles. The van der Waals surface area contributed by atoms with Crippen LogP contribution in [0.5, 0.6) is 0 Å². The minimum atomic E-state index is -4.08. The van der Waals surface area contributed by atoms with Crippen LogP contribution in [0.1, 0.15) is 30.4 Å². The predicted octanol–water partition coefficient (Wildman–Crippen LogP) is 3.96. The highest BCUT2D eigenvalue weighted by molar-refractivity contribution is 5.23. The Labute approximate surface area is 104 Å². The summed E-state index contributed by atoms with van der Waals surface area (Å²) in [5, 5.41) is 2.95. The molecule has 0 heterocycles. The van der Waals surface area contributed by atoms with Gasteiger partial charge in [0.25, 0.3) is 0 Å². The van der Waals surface area contributed by atoms with E-state index in [4.69, 9.17) is 0 Å². The SMILES string of the molecule is Cc1ccc(F)c(CNCCCCC(F)(F)F)c1. The van der Waals surface area contributed by atoms with E-state index in [0.29, 0.717) is 25.1 Å². The van der Waals surface area contributed by atoms with Gasteiger partial charge in [0.05, 0.1) is 0 Å². The van der Waals surface area contributed by atoms with E-state index in [1.807, 2.05) is 6.92 Å². The van der Waals surface area contributed by atoms with E-state index in [-0.39, 0.29) is 12.2 Å². The lowest BCUT2D eigenvalue weighted by Gasteiger charge is -2.08. The molecule has 0 aromatic heterocycles. The van der Waals surface area contributed by atoms with Crippen LogP contribution in [-0.4, -0.2) is 12.7 Å². The summed E-state index contributed by atoms with van der Waals surface area (Å²) >= 11 is 0. The Bertz CT molecular complexity index is 374. The van der Waals surface area contributed by atoms with Crippen LogP contribution in [0, 0.1) is 12.7 Å². The van der Waals surface area contributed by atoms with Crippen molar-refractivity contribution in [2.75, 3.05) is 6.54 Å². The van der Waals surface area contributed by atoms with E-state index in [9.17, 15) is 17.6 Å². The van der Waals surface area contributed by atoms with Crippen LogP contribution in [0.4, 0.5) is 17.6 Å². The lowest BCUT2D eigenvalue weighted by Crippen LogP contribution is -2.16. The molecule has 0 unspecified atom stereocenters. The zero-order valence-electron chi connectivity index (χ0n) is 10.3. The molecule has 0 saturated carbocycles. The Morgan fingerprint density at radius 2 is 1.89 bits per heavy atom. The van der Waals surface area contributed by atoms with Gasteiger partial charge in [0.1, 0.15) is 5.82 Å². The molecule has 0 spiro atoms. The minimum absolute atomic E-state index is 0.104. The highest BCUT2D eigenvalue weighted by Crippen LogP contribution is 2.21. The van der Waals surface area contributed by atoms with E-state index in [0.717, 1.165) is 5.56 Å². The molecule has 1 nitrogen and oxygen atoms in total. The summed E-state index contributed by atoms with van der Waals surface area (Å²) in [6, 6.07) is 4.82. The van der Waals surface area contributed by atoms with Crippen LogP contribution >= 0.6 is 0 Å². The van der Waals surface area contributed by atoms with Gasteiger partial charge in [0.15, 0.2) is 0 Å². The number of unbranched alkanes of at least 4 members (excludes halogenated alkanes) is 1. The number of hydrogen-bond acceptors (Lipinski definition) is 1. The molecule has 1 rings (SSSR count). The molecule has 0 aliphatic carbocycles. The standard InChI is InChI=1S/C13H17F4N/c1-10-4-5-12(14)11(8-10)9-18-7-3-2-6-13(15,16)17/h4-5,8,18H,2-3,6-7,9H2,1H3. The summed E-state index contributed by atoms with van der Waals surface area (Å²) in [7, 11) is 0. The van der Waals surface area contributed by atoms with E-state index < -0.39 is 12.6 Å². The number of hydrogen-bond donors (Lipinski definition) is 1. The van der Waals surface area contributed by atoms with Gasteiger partial charge in [-0.05, 0) is 32.4 Å². The van der Waals surface area contributed by atoms with Gasteiger partial charge in [-0.3, -0.25) is 0 Å². The summed E-state index contributed by atoms with van der Waals surface area (Å²) < 4.78 is 48.9. The van der Waals surface area contributed by atoms with Gasteiger partial charge in [-0.25, -0.2) is 4.39 Å². The third-order valence-corrected chi connectivity index (χ3v) is 2.58. The van der Waals surface area contributed by atoms with Crippen LogP contribution in [0.3, 0.4) is 0 Å². The largest absolute Gasteiger partial charge is 0.389 e. The van der Waals surface area contributed by atoms with Crippen LogP contribution in [0.25, 0.3) is 0 Å². The van der Waals surface area contributed by atoms with Crippen LogP contribution < -0.4 is 5.32 Å². The van der Waals surface area contributed by atoms with Crippen molar-refractivity contribution in [1.29, 1.82) is 0 Å². The number of rotatable bonds is 6. The summed E-state index contributed by atoms with van der Waals surface area (Å²) in [5.41, 5.74) is 1.51. The van der Waals surface area contributed by atoms with E-state index in [2.05, 4.69) is 5.32 Å². The van der Waals surface area contributed by atoms with Crippen LogP contribution in [-0.2, 0) is 6.54 Å². The van der Waals surface area contributed by atoms with Crippen molar-refractivity contribution < 1.29 is 17.6 Å². The van der Waals surface area contributed by atoms with Crippen LogP contribution in [0.2, 0.25) is 0 Å². The third kappa shape index (κ3) is 6.00. The van der Waals surface area contributed by atoms with Gasteiger partial charge < -0.3 is 5.32 Å². The monoisotopic (exact) mass is 263 g/mol. The van der Waals surface area contributed by atoms with E-state index in [1.165, 1.54) is 6.07 Å². The molecule has 0 amide bonds. The van der Waals surface area contributed by atoms with Crippen molar-refractivity contribution in [3.8, 4) is 0 Å². The number of alkyl halides is 3. The van der Waals surface area contributed by atoms with Gasteiger partial charge in [-0.2, -0.15) is 13.2 Å². The van der Waals surface area contributed by atoms with E-state index in [1.54, 1.807) is 12.1 Å². The Kier molecular flexibility index (Phi) is 5.59. The minimum Gasteiger partial charge on any atom is -0.313 e. The first kappa shape index (κ1) is 15.0. The normalized spacial score (nSPS) is 11.8. The van der Waals surface area contributed by atoms with Gasteiger partial charge >= 0.3 is 6.18 Å². The molecule has 1 aromatic rings. The molecule has 5 heteroatoms. The van der Waals surface area contributed by atoms with Gasteiger partial charge in [-0.15, -0.1) is 0 Å². The average Bonchev–Trinajstić information content (AvgIpc) is 2.26. The lowest BCUT2D eigenvalue weighted by molar-refractivity contribution is -0.135. The number of aryl methyl sites for hydroxylation is 1. The molecule has 0 bridgehead atoms. The second-order valence-corrected chi connectivity index (χ2v) is 4.34. The Balaban J connectivity index is 2.20. The molecular weight excluding hydrogens is 246 g/mol. The maximum absolute atomic E-state index is 13.3. The summed E-state index contributed by atoms with van der Waals surface area (Å²) in [5.74, 6) is -0.289. The van der Waals surface area contributed by atoms with Gasteiger partial charge in [0, 0.05) is 18.5 Å². The Morgan fingerprint density at radius 3 is 2.56 bits per heavy atom. The topological polar surface area (TPSA) is 12.0 Å². The zero-order chi connectivity index (χ0) is 13.6. The highest BCUT2D eigenvalue weighted by atomic mass is 19.4. The molecule has 0 saturated heterocycles. The van der Waals surface area contributed by atoms with Crippen molar-refractivity contribution in [2.24, 2.45) is 0 Å². The molecular formula is C13H17F4N. The second-order valence-electron chi connectivity index (χ2n) is 4.34. The first-order valence-electron chi connectivity index (χ1n) is 5.91. The molecule has 0 atom stereocenters. The fraction of sp³-hybridized carbons (Fsp3) is 0.538. The molecule has 0 fully saturated rings. The smallest absolute Gasteiger partial charge is 0.313 e. The number of benzene rings is 1. The number of nitrogens with one attached hydrogen (secondary N) is 1. The fourth-order valence-electron chi connectivity index (χ4n) is 1.64. The van der Waals surface area contributed by atoms with Crippen molar-refractivity contribution >= 4 is 0 Å². The number of halogens is 4. The van der Waals surface area contributed by atoms with Gasteiger partial charge in [-0.1, -0.05) is 17.7 Å². The fourth-order valence-corrected chi connectivity index (χ4v) is 1.64. The van der Waals surface area contributed by atoms with Crippen molar-refractivity contribution in [2.45, 2.75) is 38.9 Å². The summed E-state index contributed by atoms with van der Waals surface area (Å²) in [6.45, 7) is 2.68. The maximum atomic E-state index is 13.3. The molecule has 1 N–H and O–H groups in total. The average molecular weight is 263 g/mol. The van der Waals surface area contributed by atoms with E-state index >= 15 is 0 Å².